The van der Waals surface area contributed by atoms with Crippen LogP contribution in [0.4, 0.5) is 0 Å². The Hall–Kier alpha value is -0.0100. The maximum atomic E-state index is 12.1. The Bertz CT molecular complexity index is 437. The van der Waals surface area contributed by atoms with Crippen LogP contribution in [0.1, 0.15) is 110 Å². The lowest BCUT2D eigenvalue weighted by atomic mass is 10.0. The Morgan fingerprint density at radius 3 is 1.56 bits per heavy atom. The number of rotatable bonds is 25. The Morgan fingerprint density at radius 1 is 0.750 bits per heavy atom. The molecular formula is C24H52NO6P. The van der Waals surface area contributed by atoms with Crippen molar-refractivity contribution in [2.45, 2.75) is 122 Å². The summed E-state index contributed by atoms with van der Waals surface area (Å²) in [5.41, 5.74) is 0. The average molecular weight is 482 g/mol. The maximum Gasteiger partial charge on any atom is 0.347 e. The summed E-state index contributed by atoms with van der Waals surface area (Å²) in [7, 11) is -2.60. The van der Waals surface area contributed by atoms with Crippen LogP contribution in [0.25, 0.3) is 0 Å². The van der Waals surface area contributed by atoms with E-state index >= 15 is 0 Å². The van der Waals surface area contributed by atoms with Gasteiger partial charge in [0.05, 0.1) is 19.8 Å². The van der Waals surface area contributed by atoms with Crippen molar-refractivity contribution in [2.24, 2.45) is 0 Å². The predicted octanol–water partition coefficient (Wildman–Crippen LogP) is 5.37. The summed E-state index contributed by atoms with van der Waals surface area (Å²) in [6, 6.07) is 0. The molecule has 0 aliphatic carbocycles. The van der Waals surface area contributed by atoms with Gasteiger partial charge in [-0.05, 0) is 13.5 Å². The topological polar surface area (TPSA) is 108 Å². The SMILES string of the molecule is CCCCCCCCCCCCCCCCCCOC[C@H](CO)OP(=O)(O)C(CO)NC. The number of hydrogen-bond acceptors (Lipinski definition) is 6. The van der Waals surface area contributed by atoms with Crippen molar-refractivity contribution in [3.8, 4) is 0 Å². The van der Waals surface area contributed by atoms with Crippen molar-refractivity contribution in [1.82, 2.24) is 5.32 Å². The molecule has 0 fully saturated rings. The maximum absolute atomic E-state index is 12.1. The van der Waals surface area contributed by atoms with Crippen LogP contribution in [-0.2, 0) is 13.8 Å². The smallest absolute Gasteiger partial charge is 0.347 e. The summed E-state index contributed by atoms with van der Waals surface area (Å²) in [6.45, 7) is 1.93. The van der Waals surface area contributed by atoms with Crippen molar-refractivity contribution in [1.29, 1.82) is 0 Å². The van der Waals surface area contributed by atoms with Crippen molar-refractivity contribution >= 4 is 7.60 Å². The second-order valence-electron chi connectivity index (χ2n) is 8.84. The first-order valence-electron chi connectivity index (χ1n) is 13.0. The first-order chi connectivity index (χ1) is 15.5. The van der Waals surface area contributed by atoms with Crippen molar-refractivity contribution < 1.29 is 28.9 Å². The van der Waals surface area contributed by atoms with E-state index in [2.05, 4.69) is 12.2 Å². The minimum atomic E-state index is -4.07. The number of nitrogens with one attached hydrogen (secondary N) is 1. The van der Waals surface area contributed by atoms with E-state index in [0.717, 1.165) is 12.8 Å². The highest BCUT2D eigenvalue weighted by molar-refractivity contribution is 7.53. The molecule has 0 aliphatic rings. The van der Waals surface area contributed by atoms with Crippen molar-refractivity contribution in [2.75, 3.05) is 33.5 Å². The van der Waals surface area contributed by atoms with E-state index in [-0.39, 0.29) is 6.61 Å². The molecule has 0 radical (unpaired) electrons. The summed E-state index contributed by atoms with van der Waals surface area (Å²) in [5, 5.41) is 21.0. The first-order valence-corrected chi connectivity index (χ1v) is 14.6. The van der Waals surface area contributed by atoms with E-state index in [1.54, 1.807) is 0 Å². The second-order valence-corrected chi connectivity index (χ2v) is 10.8. The Labute approximate surface area is 197 Å². The molecule has 0 saturated heterocycles. The Kier molecular flexibility index (Phi) is 22.8. The number of hydrogen-bond donors (Lipinski definition) is 4. The van der Waals surface area contributed by atoms with E-state index < -0.39 is 32.7 Å². The van der Waals surface area contributed by atoms with Gasteiger partial charge < -0.3 is 25.2 Å². The molecule has 0 heterocycles. The van der Waals surface area contributed by atoms with E-state index in [1.807, 2.05) is 0 Å². The van der Waals surface area contributed by atoms with E-state index in [4.69, 9.17) is 14.4 Å². The molecule has 194 valence electrons. The molecule has 0 aromatic rings. The third-order valence-corrected chi connectivity index (χ3v) is 7.66. The largest absolute Gasteiger partial charge is 0.394 e. The van der Waals surface area contributed by atoms with Crippen LogP contribution in [-0.4, -0.2) is 60.5 Å². The highest BCUT2D eigenvalue weighted by atomic mass is 31.2. The van der Waals surface area contributed by atoms with Gasteiger partial charge in [-0.25, -0.2) is 0 Å². The molecule has 0 bridgehead atoms. The molecule has 0 saturated carbocycles. The van der Waals surface area contributed by atoms with Gasteiger partial charge >= 0.3 is 7.60 Å². The molecule has 0 spiro atoms. The van der Waals surface area contributed by atoms with Crippen LogP contribution in [0.5, 0.6) is 0 Å². The lowest BCUT2D eigenvalue weighted by Gasteiger charge is -2.24. The fourth-order valence-electron chi connectivity index (χ4n) is 3.73. The molecule has 0 aromatic heterocycles. The van der Waals surface area contributed by atoms with Gasteiger partial charge in [-0.2, -0.15) is 0 Å². The lowest BCUT2D eigenvalue weighted by molar-refractivity contribution is 0.0114. The number of likely N-dealkylation sites (N-methyl/N-ethyl adjacent to an activating group) is 1. The van der Waals surface area contributed by atoms with Gasteiger partial charge in [-0.3, -0.25) is 9.09 Å². The quantitative estimate of drug-likeness (QED) is 0.103. The number of ether oxygens (including phenoxy) is 1. The standard InChI is InChI=1S/C24H52NO6P/c1-3-4-5-6-7-8-9-10-11-12-13-14-15-16-17-18-19-30-22-23(20-26)31-32(28,29)24(21-27)25-2/h23-27H,3-22H2,1-2H3,(H,28,29)/t23-,24?/m0/s1. The molecule has 0 aliphatic heterocycles. The zero-order valence-corrected chi connectivity index (χ0v) is 21.7. The third-order valence-electron chi connectivity index (χ3n) is 5.85. The zero-order chi connectivity index (χ0) is 23.9. The van der Waals surface area contributed by atoms with Crippen LogP contribution in [0, 0.1) is 0 Å². The van der Waals surface area contributed by atoms with Gasteiger partial charge in [-0.15, -0.1) is 0 Å². The molecule has 3 atom stereocenters. The zero-order valence-electron chi connectivity index (χ0n) is 20.8. The van der Waals surface area contributed by atoms with E-state index in [9.17, 15) is 14.6 Å². The van der Waals surface area contributed by atoms with Crippen molar-refractivity contribution in [3.05, 3.63) is 0 Å². The van der Waals surface area contributed by atoms with Crippen LogP contribution in [0.15, 0.2) is 0 Å². The molecule has 7 nitrogen and oxygen atoms in total. The van der Waals surface area contributed by atoms with Crippen molar-refractivity contribution in [3.63, 3.8) is 0 Å². The Morgan fingerprint density at radius 2 is 1.19 bits per heavy atom. The van der Waals surface area contributed by atoms with Gasteiger partial charge in [0.15, 0.2) is 0 Å². The van der Waals surface area contributed by atoms with Crippen LogP contribution in [0.2, 0.25) is 0 Å². The van der Waals surface area contributed by atoms with E-state index in [0.29, 0.717) is 6.61 Å². The fraction of sp³-hybridized carbons (Fsp3) is 1.00. The van der Waals surface area contributed by atoms with E-state index in [1.165, 1.54) is 96.9 Å². The lowest BCUT2D eigenvalue weighted by Crippen LogP contribution is -2.33. The Balaban J connectivity index is 3.47. The van der Waals surface area contributed by atoms with Gasteiger partial charge in [0, 0.05) is 6.61 Å². The van der Waals surface area contributed by atoms with Gasteiger partial charge in [-0.1, -0.05) is 103 Å². The summed E-state index contributed by atoms with van der Waals surface area (Å²) in [4.78, 5) is 9.87. The number of unbranched alkanes of at least 4 members (excludes halogenated alkanes) is 15. The average Bonchev–Trinajstić information content (AvgIpc) is 2.78. The number of aliphatic hydroxyl groups excluding tert-OH is 2. The van der Waals surface area contributed by atoms with Gasteiger partial charge in [0.25, 0.3) is 0 Å². The number of aliphatic hydroxyl groups is 2. The summed E-state index contributed by atoms with van der Waals surface area (Å²) in [5.74, 6) is -1.07. The summed E-state index contributed by atoms with van der Waals surface area (Å²) < 4.78 is 22.7. The molecule has 0 rings (SSSR count). The molecule has 4 N–H and O–H groups in total. The molecule has 0 aromatic carbocycles. The monoisotopic (exact) mass is 481 g/mol. The molecule has 2 unspecified atom stereocenters. The first kappa shape index (κ1) is 32.0. The van der Waals surface area contributed by atoms with Crippen LogP contribution in [0.3, 0.4) is 0 Å². The minimum absolute atomic E-state index is 0.0572. The second kappa shape index (κ2) is 22.8. The highest BCUT2D eigenvalue weighted by Gasteiger charge is 2.33. The van der Waals surface area contributed by atoms with Gasteiger partial charge in [0.2, 0.25) is 0 Å². The summed E-state index contributed by atoms with van der Waals surface area (Å²) in [6.07, 6.45) is 20.2. The predicted molar refractivity (Wildman–Crippen MR) is 132 cm³/mol. The molecule has 8 heteroatoms. The normalized spacial score (nSPS) is 15.5. The third kappa shape index (κ3) is 18.4. The molecule has 32 heavy (non-hydrogen) atoms. The van der Waals surface area contributed by atoms with Gasteiger partial charge in [0.1, 0.15) is 11.9 Å². The minimum Gasteiger partial charge on any atom is -0.394 e. The highest BCUT2D eigenvalue weighted by Crippen LogP contribution is 2.47. The molecule has 0 amide bonds. The van der Waals surface area contributed by atoms with Crippen LogP contribution < -0.4 is 5.32 Å². The molecular weight excluding hydrogens is 429 g/mol. The van der Waals surface area contributed by atoms with Crippen LogP contribution >= 0.6 is 7.60 Å². The fourth-order valence-corrected chi connectivity index (χ4v) is 4.96. The summed E-state index contributed by atoms with van der Waals surface area (Å²) >= 11 is 0.